The summed E-state index contributed by atoms with van der Waals surface area (Å²) in [4.78, 5) is 21.0. The molecular weight excluding hydrogens is 453 g/mol. The number of rotatable bonds is 11. The number of aromatic nitrogens is 2. The molecule has 0 atom stereocenters. The summed E-state index contributed by atoms with van der Waals surface area (Å²) in [6.45, 7) is -1.02. The molecule has 10 heteroatoms. The molecule has 1 aliphatic rings. The number of ketones is 1. The van der Waals surface area contributed by atoms with Gasteiger partial charge in [0.05, 0.1) is 37.9 Å². The van der Waals surface area contributed by atoms with Gasteiger partial charge in [-0.1, -0.05) is 0 Å². The van der Waals surface area contributed by atoms with Crippen LogP contribution in [0.2, 0.25) is 0 Å². The second-order valence-corrected chi connectivity index (χ2v) is 8.01. The van der Waals surface area contributed by atoms with Gasteiger partial charge in [-0.3, -0.25) is 9.78 Å². The van der Waals surface area contributed by atoms with Crippen molar-refractivity contribution in [3.8, 4) is 28.7 Å². The van der Waals surface area contributed by atoms with E-state index in [1.807, 2.05) is 0 Å². The zero-order valence-electron chi connectivity index (χ0n) is 18.4. The normalized spacial score (nSPS) is 13.5. The van der Waals surface area contributed by atoms with Crippen molar-refractivity contribution >= 4 is 5.78 Å². The highest BCUT2D eigenvalue weighted by Crippen LogP contribution is 2.36. The first-order valence-electron chi connectivity index (χ1n) is 10.7. The SMILES string of the molecule is COc1cccnc1CC(=O)Cc1coc(-c2ccc(OCC(F)(F)F)c(OCC3CC3)c2)n1. The molecule has 1 fully saturated rings. The van der Waals surface area contributed by atoms with Gasteiger partial charge in [0, 0.05) is 11.8 Å². The van der Waals surface area contributed by atoms with Gasteiger partial charge in [0.25, 0.3) is 0 Å². The molecule has 0 radical (unpaired) electrons. The lowest BCUT2D eigenvalue weighted by Crippen LogP contribution is -2.19. The number of nitrogens with zero attached hydrogens (tertiary/aromatic N) is 2. The number of oxazole rings is 1. The number of Topliss-reactive ketones (excluding diaryl/α,β-unsaturated/α-hetero) is 1. The number of hydrogen-bond donors (Lipinski definition) is 0. The molecule has 3 aromatic rings. The topological polar surface area (TPSA) is 83.7 Å². The quantitative estimate of drug-likeness (QED) is 0.392. The fourth-order valence-electron chi connectivity index (χ4n) is 3.24. The van der Waals surface area contributed by atoms with Crippen LogP contribution in [-0.4, -0.2) is 42.3 Å². The van der Waals surface area contributed by atoms with Gasteiger partial charge in [-0.05, 0) is 49.1 Å². The molecule has 4 rings (SSSR count). The van der Waals surface area contributed by atoms with E-state index in [-0.39, 0.29) is 36.0 Å². The van der Waals surface area contributed by atoms with E-state index < -0.39 is 12.8 Å². The molecule has 0 N–H and O–H groups in total. The second-order valence-electron chi connectivity index (χ2n) is 8.01. The van der Waals surface area contributed by atoms with Crippen LogP contribution in [-0.2, 0) is 17.6 Å². The Bertz CT molecular complexity index is 1140. The molecule has 0 unspecified atom stereocenters. The van der Waals surface area contributed by atoms with Crippen molar-refractivity contribution in [1.29, 1.82) is 0 Å². The number of ether oxygens (including phenoxy) is 3. The summed E-state index contributed by atoms with van der Waals surface area (Å²) in [5.74, 6) is 1.21. The van der Waals surface area contributed by atoms with Crippen LogP contribution in [0.3, 0.4) is 0 Å². The zero-order chi connectivity index (χ0) is 24.1. The number of hydrogen-bond acceptors (Lipinski definition) is 7. The molecule has 2 aromatic heterocycles. The number of carbonyl (C=O) groups is 1. The average molecular weight is 476 g/mol. The Morgan fingerprint density at radius 2 is 1.94 bits per heavy atom. The van der Waals surface area contributed by atoms with E-state index in [1.165, 1.54) is 31.6 Å². The lowest BCUT2D eigenvalue weighted by molar-refractivity contribution is -0.153. The number of alkyl halides is 3. The van der Waals surface area contributed by atoms with Crippen LogP contribution < -0.4 is 14.2 Å². The summed E-state index contributed by atoms with van der Waals surface area (Å²) < 4.78 is 59.2. The lowest BCUT2D eigenvalue weighted by Gasteiger charge is -2.14. The van der Waals surface area contributed by atoms with Gasteiger partial charge in [-0.25, -0.2) is 4.98 Å². The van der Waals surface area contributed by atoms with Crippen LogP contribution in [0.25, 0.3) is 11.5 Å². The average Bonchev–Trinajstić information content (AvgIpc) is 3.53. The number of carbonyl (C=O) groups excluding carboxylic acids is 1. The van der Waals surface area contributed by atoms with Gasteiger partial charge in [-0.15, -0.1) is 0 Å². The molecule has 0 bridgehead atoms. The highest BCUT2D eigenvalue weighted by molar-refractivity contribution is 5.83. The van der Waals surface area contributed by atoms with Crippen LogP contribution in [0.5, 0.6) is 17.2 Å². The molecule has 180 valence electrons. The summed E-state index contributed by atoms with van der Waals surface area (Å²) in [7, 11) is 1.51. The number of methoxy groups -OCH3 is 1. The van der Waals surface area contributed by atoms with Crippen LogP contribution in [0.1, 0.15) is 24.2 Å². The van der Waals surface area contributed by atoms with Crippen molar-refractivity contribution < 1.29 is 36.6 Å². The summed E-state index contributed by atoms with van der Waals surface area (Å²) in [6, 6.07) is 7.91. The molecule has 34 heavy (non-hydrogen) atoms. The van der Waals surface area contributed by atoms with E-state index in [9.17, 15) is 18.0 Å². The van der Waals surface area contributed by atoms with Gasteiger partial charge in [0.1, 0.15) is 17.8 Å². The van der Waals surface area contributed by atoms with E-state index in [0.29, 0.717) is 35.2 Å². The standard InChI is InChI=1S/C24H23F3N2O5/c1-31-20-3-2-8-28-19(20)11-18(30)10-17-13-33-23(29-17)16-6-7-21(34-14-24(25,26)27)22(9-16)32-12-15-4-5-15/h2-3,6-9,13,15H,4-5,10-12,14H2,1H3. The highest BCUT2D eigenvalue weighted by atomic mass is 19.4. The molecule has 1 aliphatic carbocycles. The van der Waals surface area contributed by atoms with Gasteiger partial charge in [-0.2, -0.15) is 13.2 Å². The van der Waals surface area contributed by atoms with Gasteiger partial charge in [0.2, 0.25) is 5.89 Å². The maximum absolute atomic E-state index is 12.6. The van der Waals surface area contributed by atoms with E-state index >= 15 is 0 Å². The lowest BCUT2D eigenvalue weighted by atomic mass is 10.1. The molecule has 1 saturated carbocycles. The molecule has 2 heterocycles. The molecule has 7 nitrogen and oxygen atoms in total. The third-order valence-electron chi connectivity index (χ3n) is 5.12. The van der Waals surface area contributed by atoms with Crippen LogP contribution in [0.15, 0.2) is 47.2 Å². The van der Waals surface area contributed by atoms with Crippen molar-refractivity contribution in [1.82, 2.24) is 9.97 Å². The third-order valence-corrected chi connectivity index (χ3v) is 5.12. The van der Waals surface area contributed by atoms with Crippen LogP contribution in [0.4, 0.5) is 13.2 Å². The van der Waals surface area contributed by atoms with E-state index in [1.54, 1.807) is 18.3 Å². The van der Waals surface area contributed by atoms with Crippen molar-refractivity contribution in [2.24, 2.45) is 5.92 Å². The van der Waals surface area contributed by atoms with Crippen LogP contribution in [0, 0.1) is 5.92 Å². The Morgan fingerprint density at radius 3 is 2.68 bits per heavy atom. The Hall–Kier alpha value is -3.56. The van der Waals surface area contributed by atoms with Crippen molar-refractivity contribution in [2.45, 2.75) is 31.9 Å². The van der Waals surface area contributed by atoms with Gasteiger partial charge in [0.15, 0.2) is 18.1 Å². The molecule has 0 aliphatic heterocycles. The minimum absolute atomic E-state index is 0.00649. The first-order chi connectivity index (χ1) is 16.3. The molecule has 0 spiro atoms. The molecular formula is C24H23F3N2O5. The second kappa shape index (κ2) is 10.1. The maximum atomic E-state index is 12.6. The van der Waals surface area contributed by atoms with E-state index in [0.717, 1.165) is 12.8 Å². The van der Waals surface area contributed by atoms with Crippen molar-refractivity contribution in [2.75, 3.05) is 20.3 Å². The summed E-state index contributed by atoms with van der Waals surface area (Å²) in [5, 5.41) is 0. The fourth-order valence-corrected chi connectivity index (χ4v) is 3.24. The third kappa shape index (κ3) is 6.49. The predicted molar refractivity (Wildman–Crippen MR) is 115 cm³/mol. The number of pyridine rings is 1. The summed E-state index contributed by atoms with van der Waals surface area (Å²) in [5.41, 5.74) is 1.45. The minimum atomic E-state index is -4.46. The Kier molecular flexibility index (Phi) is 7.04. The predicted octanol–water partition coefficient (Wildman–Crippen LogP) is 4.83. The monoisotopic (exact) mass is 476 g/mol. The Balaban J connectivity index is 1.45. The van der Waals surface area contributed by atoms with E-state index in [4.69, 9.17) is 18.6 Å². The van der Waals surface area contributed by atoms with Gasteiger partial charge < -0.3 is 18.6 Å². The highest BCUT2D eigenvalue weighted by Gasteiger charge is 2.29. The number of benzene rings is 1. The maximum Gasteiger partial charge on any atom is 0.422 e. The number of halogens is 3. The smallest absolute Gasteiger partial charge is 0.422 e. The first kappa shape index (κ1) is 23.6. The van der Waals surface area contributed by atoms with Crippen molar-refractivity contribution in [3.05, 3.63) is 54.2 Å². The Morgan fingerprint density at radius 1 is 1.12 bits per heavy atom. The van der Waals surface area contributed by atoms with Gasteiger partial charge >= 0.3 is 6.18 Å². The molecule has 0 amide bonds. The first-order valence-corrected chi connectivity index (χ1v) is 10.7. The largest absolute Gasteiger partial charge is 0.495 e. The Labute approximate surface area is 193 Å². The molecule has 1 aromatic carbocycles. The van der Waals surface area contributed by atoms with Crippen LogP contribution >= 0.6 is 0 Å². The summed E-state index contributed by atoms with van der Waals surface area (Å²) >= 11 is 0. The summed E-state index contributed by atoms with van der Waals surface area (Å²) in [6.07, 6.45) is 0.666. The fraction of sp³-hybridized carbons (Fsp3) is 0.375. The zero-order valence-corrected chi connectivity index (χ0v) is 18.4. The minimum Gasteiger partial charge on any atom is -0.495 e. The van der Waals surface area contributed by atoms with Crippen molar-refractivity contribution in [3.63, 3.8) is 0 Å². The van der Waals surface area contributed by atoms with E-state index in [2.05, 4.69) is 9.97 Å². The molecule has 0 saturated heterocycles.